The highest BCUT2D eigenvalue weighted by atomic mass is 32.1. The summed E-state index contributed by atoms with van der Waals surface area (Å²) in [5.41, 5.74) is 1.03. The Balaban J connectivity index is 1.68. The molecule has 0 amide bonds. The molecule has 168 valence electrons. The summed E-state index contributed by atoms with van der Waals surface area (Å²) in [6, 6.07) is 0. The maximum absolute atomic E-state index is 4.81. The van der Waals surface area contributed by atoms with Gasteiger partial charge in [-0.05, 0) is 97.7 Å². The lowest BCUT2D eigenvalue weighted by Crippen LogP contribution is -2.48. The smallest absolute Gasteiger partial charge is 0.00145 e. The molecule has 0 aliphatic heterocycles. The summed E-state index contributed by atoms with van der Waals surface area (Å²) in [6.07, 6.45) is 20.6. The van der Waals surface area contributed by atoms with Crippen molar-refractivity contribution in [3.8, 4) is 0 Å². The van der Waals surface area contributed by atoms with Crippen molar-refractivity contribution < 1.29 is 0 Å². The van der Waals surface area contributed by atoms with E-state index in [1.807, 2.05) is 0 Å². The molecular formula is C28H50S. The van der Waals surface area contributed by atoms with E-state index >= 15 is 0 Å². The highest BCUT2D eigenvalue weighted by molar-refractivity contribution is 7.80. The summed E-state index contributed by atoms with van der Waals surface area (Å²) >= 11 is 4.81. The fourth-order valence-electron chi connectivity index (χ4n) is 8.03. The van der Waals surface area contributed by atoms with Crippen molar-refractivity contribution in [3.05, 3.63) is 12.2 Å². The van der Waals surface area contributed by atoms with E-state index < -0.39 is 0 Å². The number of thiol groups is 1. The summed E-state index contributed by atoms with van der Waals surface area (Å²) in [6.45, 7) is 14.9. The molecule has 0 bridgehead atoms. The van der Waals surface area contributed by atoms with Crippen molar-refractivity contribution >= 4 is 12.6 Å². The van der Waals surface area contributed by atoms with Crippen LogP contribution >= 0.6 is 12.6 Å². The summed E-state index contributed by atoms with van der Waals surface area (Å²) in [5.74, 6) is 5.58. The summed E-state index contributed by atoms with van der Waals surface area (Å²) in [5, 5.41) is 0.581. The van der Waals surface area contributed by atoms with E-state index in [1.165, 1.54) is 70.6 Å². The first kappa shape index (κ1) is 23.7. The SMILES string of the molecule is CC[C@@H](S)CC[C@@]1(C)C=CC[C@H]2[C@@H]3CC[C@H]([C@H](C)CCCC(C)C)[C@@]3(C)CC[C@@H]21. The number of hydrogen-bond acceptors (Lipinski definition) is 1. The third-order valence-electron chi connectivity index (χ3n) is 9.88. The van der Waals surface area contributed by atoms with E-state index in [0.29, 0.717) is 16.1 Å². The van der Waals surface area contributed by atoms with Crippen LogP contribution in [0.4, 0.5) is 0 Å². The van der Waals surface area contributed by atoms with Crippen LogP contribution in [-0.2, 0) is 0 Å². The second kappa shape index (κ2) is 9.70. The first-order valence-electron chi connectivity index (χ1n) is 13.1. The molecule has 0 unspecified atom stereocenters. The third kappa shape index (κ3) is 4.96. The summed E-state index contributed by atoms with van der Waals surface area (Å²) < 4.78 is 0. The van der Waals surface area contributed by atoms with Gasteiger partial charge in [0.05, 0.1) is 0 Å². The van der Waals surface area contributed by atoms with Crippen molar-refractivity contribution in [2.45, 2.75) is 117 Å². The zero-order valence-corrected chi connectivity index (χ0v) is 21.3. The van der Waals surface area contributed by atoms with Crippen molar-refractivity contribution in [2.75, 3.05) is 0 Å². The number of rotatable bonds is 9. The Morgan fingerprint density at radius 2 is 1.76 bits per heavy atom. The van der Waals surface area contributed by atoms with Crippen LogP contribution in [0.1, 0.15) is 112 Å². The van der Waals surface area contributed by atoms with E-state index in [0.717, 1.165) is 35.5 Å². The Labute approximate surface area is 188 Å². The second-order valence-corrected chi connectivity index (χ2v) is 12.9. The van der Waals surface area contributed by atoms with E-state index in [-0.39, 0.29) is 0 Å². The van der Waals surface area contributed by atoms with E-state index in [1.54, 1.807) is 0 Å². The van der Waals surface area contributed by atoms with Gasteiger partial charge >= 0.3 is 0 Å². The van der Waals surface area contributed by atoms with Crippen LogP contribution in [0.3, 0.4) is 0 Å². The quantitative estimate of drug-likeness (QED) is 0.280. The van der Waals surface area contributed by atoms with Gasteiger partial charge in [-0.3, -0.25) is 0 Å². The number of hydrogen-bond donors (Lipinski definition) is 1. The van der Waals surface area contributed by atoms with Gasteiger partial charge < -0.3 is 0 Å². The van der Waals surface area contributed by atoms with Gasteiger partial charge in [-0.2, -0.15) is 12.6 Å². The van der Waals surface area contributed by atoms with Crippen LogP contribution < -0.4 is 0 Å². The lowest BCUT2D eigenvalue weighted by atomic mass is 9.49. The van der Waals surface area contributed by atoms with Crippen LogP contribution in [0.25, 0.3) is 0 Å². The minimum Gasteiger partial charge on any atom is -0.176 e. The maximum atomic E-state index is 4.81. The Hall–Kier alpha value is 0.0900. The Bertz CT molecular complexity index is 551. The van der Waals surface area contributed by atoms with E-state index in [2.05, 4.69) is 53.7 Å². The lowest BCUT2D eigenvalue weighted by molar-refractivity contribution is -0.0423. The Morgan fingerprint density at radius 3 is 2.45 bits per heavy atom. The first-order valence-corrected chi connectivity index (χ1v) is 13.6. The van der Waals surface area contributed by atoms with Gasteiger partial charge in [0.1, 0.15) is 0 Å². The van der Waals surface area contributed by atoms with Crippen LogP contribution in [0.5, 0.6) is 0 Å². The fraction of sp³-hybridized carbons (Fsp3) is 0.929. The summed E-state index contributed by atoms with van der Waals surface area (Å²) in [4.78, 5) is 0. The van der Waals surface area contributed by atoms with Gasteiger partial charge in [-0.25, -0.2) is 0 Å². The molecule has 0 aromatic rings. The normalized spacial score (nSPS) is 41.2. The molecule has 8 atom stereocenters. The lowest BCUT2D eigenvalue weighted by Gasteiger charge is -2.55. The van der Waals surface area contributed by atoms with Gasteiger partial charge in [0.25, 0.3) is 0 Å². The van der Waals surface area contributed by atoms with E-state index in [4.69, 9.17) is 12.6 Å². The standard InChI is InChI=1S/C28H50S/c1-7-22(29)15-18-27(5)17-9-12-23-25(27)16-19-28(6)24(13-14-26(23)28)21(4)11-8-10-20(2)3/h9,17,20-26,29H,7-8,10-16,18-19H2,1-6H3/t21-,22-,23-,24-,25+,26+,27-,28-/m1/s1. The molecule has 0 nitrogen and oxygen atoms in total. The minimum absolute atomic E-state index is 0.418. The van der Waals surface area contributed by atoms with Gasteiger partial charge in [-0.1, -0.05) is 73.0 Å². The molecule has 2 saturated carbocycles. The molecule has 0 heterocycles. The van der Waals surface area contributed by atoms with Crippen molar-refractivity contribution in [1.82, 2.24) is 0 Å². The molecule has 0 saturated heterocycles. The molecular weight excluding hydrogens is 368 g/mol. The molecule has 0 N–H and O–H groups in total. The van der Waals surface area contributed by atoms with Gasteiger partial charge in [0.2, 0.25) is 0 Å². The van der Waals surface area contributed by atoms with Crippen molar-refractivity contribution in [1.29, 1.82) is 0 Å². The molecule has 0 spiro atoms. The number of allylic oxidation sites excluding steroid dienone is 2. The van der Waals surface area contributed by atoms with Gasteiger partial charge in [-0.15, -0.1) is 0 Å². The van der Waals surface area contributed by atoms with Crippen molar-refractivity contribution in [2.24, 2.45) is 46.3 Å². The fourth-order valence-corrected chi connectivity index (χ4v) is 8.16. The number of fused-ring (bicyclic) bond motifs is 3. The predicted molar refractivity (Wildman–Crippen MR) is 133 cm³/mol. The molecule has 0 radical (unpaired) electrons. The van der Waals surface area contributed by atoms with Crippen LogP contribution in [0.15, 0.2) is 12.2 Å². The Kier molecular flexibility index (Phi) is 7.95. The van der Waals surface area contributed by atoms with Crippen molar-refractivity contribution in [3.63, 3.8) is 0 Å². The maximum Gasteiger partial charge on any atom is 0.00145 e. The van der Waals surface area contributed by atoms with E-state index in [9.17, 15) is 0 Å². The average Bonchev–Trinajstić information content (AvgIpc) is 3.03. The van der Waals surface area contributed by atoms with Crippen LogP contribution in [0.2, 0.25) is 0 Å². The summed E-state index contributed by atoms with van der Waals surface area (Å²) in [7, 11) is 0. The molecule has 1 heteroatoms. The zero-order valence-electron chi connectivity index (χ0n) is 20.4. The molecule has 0 aromatic heterocycles. The highest BCUT2D eigenvalue weighted by Crippen LogP contribution is 2.65. The molecule has 3 aliphatic carbocycles. The van der Waals surface area contributed by atoms with Gasteiger partial charge in [0, 0.05) is 5.25 Å². The van der Waals surface area contributed by atoms with Crippen LogP contribution in [-0.4, -0.2) is 5.25 Å². The largest absolute Gasteiger partial charge is 0.176 e. The monoisotopic (exact) mass is 418 g/mol. The highest BCUT2D eigenvalue weighted by Gasteiger charge is 2.57. The second-order valence-electron chi connectivity index (χ2n) is 12.2. The molecule has 0 aromatic carbocycles. The van der Waals surface area contributed by atoms with Crippen LogP contribution in [0, 0.1) is 46.3 Å². The third-order valence-corrected chi connectivity index (χ3v) is 10.5. The van der Waals surface area contributed by atoms with Gasteiger partial charge in [0.15, 0.2) is 0 Å². The Morgan fingerprint density at radius 1 is 1.00 bits per heavy atom. The zero-order chi connectivity index (χ0) is 21.2. The molecule has 3 aliphatic rings. The minimum atomic E-state index is 0.418. The predicted octanol–water partition coefficient (Wildman–Crippen LogP) is 8.96. The molecule has 29 heavy (non-hydrogen) atoms. The average molecular weight is 419 g/mol. The topological polar surface area (TPSA) is 0 Å². The first-order chi connectivity index (χ1) is 13.7. The molecule has 2 fully saturated rings. The molecule has 3 rings (SSSR count).